The van der Waals surface area contributed by atoms with Gasteiger partial charge >= 0.3 is 0 Å². The van der Waals surface area contributed by atoms with Gasteiger partial charge in [-0.05, 0) is 19.1 Å². The summed E-state index contributed by atoms with van der Waals surface area (Å²) in [6.45, 7) is 2.80. The Hall–Kier alpha value is -1.22. The first-order chi connectivity index (χ1) is 9.68. The van der Waals surface area contributed by atoms with Crippen molar-refractivity contribution in [3.05, 3.63) is 28.5 Å². The summed E-state index contributed by atoms with van der Waals surface area (Å²) in [4.78, 5) is 12.5. The summed E-state index contributed by atoms with van der Waals surface area (Å²) in [5.74, 6) is -1.92. The number of ether oxygens (including phenoxy) is 1. The molecule has 118 valence electrons. The maximum absolute atomic E-state index is 14.2. The lowest BCUT2D eigenvalue weighted by molar-refractivity contribution is 0.0705. The largest absolute Gasteiger partial charge is 0.380 e. The molecule has 21 heavy (non-hydrogen) atoms. The molecule has 0 aromatic heterocycles. The average Bonchev–Trinajstić information content (AvgIpc) is 2.39. The molecule has 6 nitrogen and oxygen atoms in total. The van der Waals surface area contributed by atoms with E-state index >= 15 is 0 Å². The minimum Gasteiger partial charge on any atom is -0.380 e. The molecule has 1 aromatic carbocycles. The maximum atomic E-state index is 14.2. The van der Waals surface area contributed by atoms with Crippen molar-refractivity contribution in [1.29, 1.82) is 0 Å². The predicted molar refractivity (Wildman–Crippen MR) is 76.2 cm³/mol. The van der Waals surface area contributed by atoms with Crippen molar-refractivity contribution in [3.8, 4) is 0 Å². The number of nitrogens with two attached hydrogens (primary N) is 1. The van der Waals surface area contributed by atoms with E-state index in [2.05, 4.69) is 0 Å². The van der Waals surface area contributed by atoms with E-state index in [1.54, 1.807) is 6.92 Å². The minimum absolute atomic E-state index is 0.0954. The van der Waals surface area contributed by atoms with Crippen LogP contribution in [0.4, 0.5) is 4.39 Å². The molecule has 0 radical (unpaired) electrons. The number of sulfonamides is 1. The fraction of sp³-hybridized carbons (Fsp3) is 0.417. The van der Waals surface area contributed by atoms with E-state index in [-0.39, 0.29) is 18.2 Å². The molecule has 1 rings (SSSR count). The highest BCUT2D eigenvalue weighted by Crippen LogP contribution is 2.23. The molecule has 0 heterocycles. The predicted octanol–water partition coefficient (Wildman–Crippen LogP) is 1.24. The Morgan fingerprint density at radius 2 is 2.10 bits per heavy atom. The van der Waals surface area contributed by atoms with Gasteiger partial charge in [-0.2, -0.15) is 0 Å². The van der Waals surface area contributed by atoms with Crippen LogP contribution in [0.2, 0.25) is 5.02 Å². The van der Waals surface area contributed by atoms with E-state index in [4.69, 9.17) is 21.5 Å². The van der Waals surface area contributed by atoms with Crippen LogP contribution in [0.3, 0.4) is 0 Å². The highest BCUT2D eigenvalue weighted by atomic mass is 35.5. The fourth-order valence-electron chi connectivity index (χ4n) is 1.58. The van der Waals surface area contributed by atoms with Crippen LogP contribution < -0.4 is 5.14 Å². The van der Waals surface area contributed by atoms with Crippen LogP contribution in [0.5, 0.6) is 0 Å². The topological polar surface area (TPSA) is 89.7 Å². The van der Waals surface area contributed by atoms with Crippen molar-refractivity contribution in [3.63, 3.8) is 0 Å². The van der Waals surface area contributed by atoms with Crippen molar-refractivity contribution < 1.29 is 22.3 Å². The molecule has 2 N–H and O–H groups in total. The standard InChI is InChI=1S/C12H16ClFN2O4S/c1-3-20-5-4-16(2)12(17)9-6-8(13)7-10(11(9)14)21(15,18)19/h6-7H,3-5H2,1-2H3,(H2,15,18,19). The molecule has 0 atom stereocenters. The zero-order chi connectivity index (χ0) is 16.2. The number of nitrogens with zero attached hydrogens (tertiary/aromatic N) is 1. The first-order valence-corrected chi connectivity index (χ1v) is 7.96. The number of benzene rings is 1. The van der Waals surface area contributed by atoms with E-state index in [9.17, 15) is 17.6 Å². The lowest BCUT2D eigenvalue weighted by Crippen LogP contribution is -2.31. The summed E-state index contributed by atoms with van der Waals surface area (Å²) >= 11 is 5.72. The fourth-order valence-corrected chi connectivity index (χ4v) is 2.51. The van der Waals surface area contributed by atoms with Crippen LogP contribution in [0.1, 0.15) is 17.3 Å². The molecular formula is C12H16ClFN2O4S. The summed E-state index contributed by atoms with van der Waals surface area (Å²) < 4.78 is 41.8. The lowest BCUT2D eigenvalue weighted by atomic mass is 10.2. The van der Waals surface area contributed by atoms with Gasteiger partial charge in [0, 0.05) is 25.2 Å². The first-order valence-electron chi connectivity index (χ1n) is 6.03. The van der Waals surface area contributed by atoms with Crippen LogP contribution in [0.25, 0.3) is 0 Å². The van der Waals surface area contributed by atoms with Gasteiger partial charge in [-0.25, -0.2) is 17.9 Å². The smallest absolute Gasteiger partial charge is 0.256 e. The number of hydrogen-bond acceptors (Lipinski definition) is 4. The van der Waals surface area contributed by atoms with Crippen molar-refractivity contribution in [1.82, 2.24) is 4.90 Å². The zero-order valence-corrected chi connectivity index (χ0v) is 13.2. The number of amides is 1. The molecular weight excluding hydrogens is 323 g/mol. The van der Waals surface area contributed by atoms with Gasteiger partial charge in [0.1, 0.15) is 4.90 Å². The van der Waals surface area contributed by atoms with Gasteiger partial charge in [0.25, 0.3) is 5.91 Å². The summed E-state index contributed by atoms with van der Waals surface area (Å²) in [5.41, 5.74) is -0.453. The molecule has 0 spiro atoms. The van der Waals surface area contributed by atoms with Gasteiger partial charge in [-0.1, -0.05) is 11.6 Å². The van der Waals surface area contributed by atoms with Crippen LogP contribution in [-0.2, 0) is 14.8 Å². The number of likely N-dealkylation sites (N-methyl/N-ethyl adjacent to an activating group) is 1. The monoisotopic (exact) mass is 338 g/mol. The molecule has 0 aliphatic rings. The molecule has 1 amide bonds. The average molecular weight is 339 g/mol. The second kappa shape index (κ2) is 7.17. The second-order valence-corrected chi connectivity index (χ2v) is 6.20. The summed E-state index contributed by atoms with van der Waals surface area (Å²) in [6, 6.07) is 1.92. The van der Waals surface area contributed by atoms with Gasteiger partial charge in [0.05, 0.1) is 12.2 Å². The summed E-state index contributed by atoms with van der Waals surface area (Å²) in [6.07, 6.45) is 0. The van der Waals surface area contributed by atoms with E-state index < -0.39 is 32.2 Å². The van der Waals surface area contributed by atoms with E-state index in [1.165, 1.54) is 11.9 Å². The van der Waals surface area contributed by atoms with Gasteiger partial charge < -0.3 is 9.64 Å². The number of halogens is 2. The SMILES string of the molecule is CCOCCN(C)C(=O)c1cc(Cl)cc(S(N)(=O)=O)c1F. The first kappa shape index (κ1) is 17.8. The van der Waals surface area contributed by atoms with Gasteiger partial charge in [0.15, 0.2) is 5.82 Å². The lowest BCUT2D eigenvalue weighted by Gasteiger charge is -2.18. The number of rotatable bonds is 6. The summed E-state index contributed by atoms with van der Waals surface area (Å²) in [5, 5.41) is 4.80. The Kier molecular flexibility index (Phi) is 6.09. The Bertz CT molecular complexity index is 636. The normalized spacial score (nSPS) is 11.5. The third-order valence-corrected chi connectivity index (χ3v) is 3.79. The molecule has 0 aliphatic heterocycles. The maximum Gasteiger partial charge on any atom is 0.256 e. The van der Waals surface area contributed by atoms with Crippen LogP contribution in [0, 0.1) is 5.82 Å². The molecule has 0 unspecified atom stereocenters. The van der Waals surface area contributed by atoms with Crippen molar-refractivity contribution in [2.45, 2.75) is 11.8 Å². The molecule has 0 saturated carbocycles. The second-order valence-electron chi connectivity index (χ2n) is 4.23. The van der Waals surface area contributed by atoms with Crippen LogP contribution in [-0.4, -0.2) is 46.0 Å². The van der Waals surface area contributed by atoms with E-state index in [0.717, 1.165) is 12.1 Å². The molecule has 0 saturated heterocycles. The van der Waals surface area contributed by atoms with E-state index in [1.807, 2.05) is 0 Å². The van der Waals surface area contributed by atoms with Crippen molar-refractivity contribution in [2.75, 3.05) is 26.8 Å². The number of carbonyl (C=O) groups excluding carboxylic acids is 1. The molecule has 1 aromatic rings. The summed E-state index contributed by atoms with van der Waals surface area (Å²) in [7, 11) is -2.87. The Balaban J connectivity index is 3.13. The third-order valence-electron chi connectivity index (χ3n) is 2.66. The zero-order valence-electron chi connectivity index (χ0n) is 11.6. The minimum atomic E-state index is -4.31. The Morgan fingerprint density at radius 3 is 2.62 bits per heavy atom. The Morgan fingerprint density at radius 1 is 1.48 bits per heavy atom. The number of primary sulfonamides is 1. The Labute approximate surface area is 127 Å². The van der Waals surface area contributed by atoms with Gasteiger partial charge in [-0.15, -0.1) is 0 Å². The van der Waals surface area contributed by atoms with Gasteiger partial charge in [0.2, 0.25) is 10.0 Å². The van der Waals surface area contributed by atoms with Crippen LogP contribution in [0.15, 0.2) is 17.0 Å². The molecule has 0 aliphatic carbocycles. The van der Waals surface area contributed by atoms with Crippen molar-refractivity contribution >= 4 is 27.5 Å². The van der Waals surface area contributed by atoms with Gasteiger partial charge in [-0.3, -0.25) is 4.79 Å². The third kappa shape index (κ3) is 4.63. The number of hydrogen-bond donors (Lipinski definition) is 1. The van der Waals surface area contributed by atoms with Crippen LogP contribution >= 0.6 is 11.6 Å². The highest BCUT2D eigenvalue weighted by Gasteiger charge is 2.24. The number of carbonyl (C=O) groups is 1. The van der Waals surface area contributed by atoms with Crippen molar-refractivity contribution in [2.24, 2.45) is 5.14 Å². The molecule has 0 fully saturated rings. The quantitative estimate of drug-likeness (QED) is 0.790. The molecule has 0 bridgehead atoms. The highest BCUT2D eigenvalue weighted by molar-refractivity contribution is 7.89. The molecule has 9 heteroatoms. The van der Waals surface area contributed by atoms with E-state index in [0.29, 0.717) is 6.61 Å².